The molecule has 0 spiro atoms. The number of methoxy groups -OCH3 is 1. The van der Waals surface area contributed by atoms with Crippen molar-refractivity contribution in [3.8, 4) is 0 Å². The van der Waals surface area contributed by atoms with E-state index in [0.29, 0.717) is 19.5 Å². The minimum Gasteiger partial charge on any atom is -0.481 e. The molecule has 1 aliphatic heterocycles. The quantitative estimate of drug-likeness (QED) is 0.695. The fourth-order valence-electron chi connectivity index (χ4n) is 1.91. The van der Waals surface area contributed by atoms with E-state index in [1.807, 2.05) is 0 Å². The van der Waals surface area contributed by atoms with Gasteiger partial charge in [0.15, 0.2) is 0 Å². The summed E-state index contributed by atoms with van der Waals surface area (Å²) in [7, 11) is 1.33. The van der Waals surface area contributed by atoms with Crippen LogP contribution in [0, 0.1) is 5.92 Å². The Bertz CT molecular complexity index is 331. The zero-order valence-corrected chi connectivity index (χ0v) is 10.3. The molecule has 7 heteroatoms. The molecule has 0 aliphatic carbocycles. The first-order chi connectivity index (χ1) is 8.54. The SMILES string of the molecule is COC(=O)[C@H]1CCCN(C(=O)NCCC(=O)O)C1. The molecule has 2 amide bonds. The largest absolute Gasteiger partial charge is 0.481 e. The number of carbonyl (C=O) groups is 3. The zero-order valence-electron chi connectivity index (χ0n) is 10.3. The first kappa shape index (κ1) is 14.3. The molecule has 1 saturated heterocycles. The van der Waals surface area contributed by atoms with Crippen LogP contribution in [0.3, 0.4) is 0 Å². The second kappa shape index (κ2) is 6.83. The number of esters is 1. The Morgan fingerprint density at radius 3 is 2.78 bits per heavy atom. The van der Waals surface area contributed by atoms with Crippen LogP contribution in [0.1, 0.15) is 19.3 Å². The Balaban J connectivity index is 2.38. The van der Waals surface area contributed by atoms with Crippen LogP contribution in [0.15, 0.2) is 0 Å². The lowest BCUT2D eigenvalue weighted by Crippen LogP contribution is -2.47. The van der Waals surface area contributed by atoms with Gasteiger partial charge in [0.1, 0.15) is 0 Å². The van der Waals surface area contributed by atoms with Gasteiger partial charge in [-0.2, -0.15) is 0 Å². The second-order valence-corrected chi connectivity index (χ2v) is 4.18. The maximum Gasteiger partial charge on any atom is 0.317 e. The third-order valence-electron chi connectivity index (χ3n) is 2.86. The fourth-order valence-corrected chi connectivity index (χ4v) is 1.91. The van der Waals surface area contributed by atoms with Crippen molar-refractivity contribution in [2.75, 3.05) is 26.7 Å². The van der Waals surface area contributed by atoms with E-state index in [9.17, 15) is 14.4 Å². The molecule has 2 N–H and O–H groups in total. The molecule has 18 heavy (non-hydrogen) atoms. The van der Waals surface area contributed by atoms with Crippen LogP contribution < -0.4 is 5.32 Å². The lowest BCUT2D eigenvalue weighted by atomic mass is 9.98. The molecular weight excluding hydrogens is 240 g/mol. The van der Waals surface area contributed by atoms with Crippen molar-refractivity contribution in [1.29, 1.82) is 0 Å². The van der Waals surface area contributed by atoms with Crippen molar-refractivity contribution in [3.05, 3.63) is 0 Å². The summed E-state index contributed by atoms with van der Waals surface area (Å²) in [5.41, 5.74) is 0. The molecule has 0 saturated carbocycles. The topological polar surface area (TPSA) is 95.9 Å². The Kier molecular flexibility index (Phi) is 5.41. The predicted molar refractivity (Wildman–Crippen MR) is 62.0 cm³/mol. The van der Waals surface area contributed by atoms with Crippen LogP contribution in [0.5, 0.6) is 0 Å². The highest BCUT2D eigenvalue weighted by Gasteiger charge is 2.28. The first-order valence-electron chi connectivity index (χ1n) is 5.87. The van der Waals surface area contributed by atoms with Gasteiger partial charge < -0.3 is 20.1 Å². The third-order valence-corrected chi connectivity index (χ3v) is 2.86. The lowest BCUT2D eigenvalue weighted by molar-refractivity contribution is -0.146. The molecule has 1 fully saturated rings. The summed E-state index contributed by atoms with van der Waals surface area (Å²) < 4.78 is 4.66. The molecule has 0 aromatic heterocycles. The standard InChI is InChI=1S/C11H18N2O5/c1-18-10(16)8-3-2-6-13(7-8)11(17)12-5-4-9(14)15/h8H,2-7H2,1H3,(H,12,17)(H,14,15)/t8-/m0/s1. The van der Waals surface area contributed by atoms with Crippen molar-refractivity contribution < 1.29 is 24.2 Å². The number of nitrogens with zero attached hydrogens (tertiary/aromatic N) is 1. The van der Waals surface area contributed by atoms with Gasteiger partial charge in [0.05, 0.1) is 19.4 Å². The zero-order chi connectivity index (χ0) is 13.5. The van der Waals surface area contributed by atoms with Gasteiger partial charge >= 0.3 is 18.0 Å². The summed E-state index contributed by atoms with van der Waals surface area (Å²) in [6.07, 6.45) is 1.34. The van der Waals surface area contributed by atoms with Crippen molar-refractivity contribution in [2.45, 2.75) is 19.3 Å². The van der Waals surface area contributed by atoms with Crippen molar-refractivity contribution in [3.63, 3.8) is 0 Å². The number of rotatable bonds is 4. The number of nitrogens with one attached hydrogen (secondary N) is 1. The normalized spacial score (nSPS) is 19.2. The fraction of sp³-hybridized carbons (Fsp3) is 0.727. The molecule has 0 radical (unpaired) electrons. The van der Waals surface area contributed by atoms with E-state index in [4.69, 9.17) is 5.11 Å². The summed E-state index contributed by atoms with van der Waals surface area (Å²) >= 11 is 0. The monoisotopic (exact) mass is 258 g/mol. The van der Waals surface area contributed by atoms with E-state index in [1.165, 1.54) is 12.0 Å². The van der Waals surface area contributed by atoms with Gasteiger partial charge in [0.25, 0.3) is 0 Å². The average Bonchev–Trinajstić information content (AvgIpc) is 2.37. The van der Waals surface area contributed by atoms with Crippen LogP contribution in [0.4, 0.5) is 4.79 Å². The van der Waals surface area contributed by atoms with E-state index in [-0.39, 0.29) is 30.9 Å². The van der Waals surface area contributed by atoms with Crippen LogP contribution in [-0.2, 0) is 14.3 Å². The van der Waals surface area contributed by atoms with E-state index in [0.717, 1.165) is 6.42 Å². The van der Waals surface area contributed by atoms with Crippen LogP contribution >= 0.6 is 0 Å². The number of amides is 2. The van der Waals surface area contributed by atoms with Gasteiger partial charge in [-0.05, 0) is 12.8 Å². The molecule has 1 aliphatic rings. The Hall–Kier alpha value is -1.79. The van der Waals surface area contributed by atoms with Crippen molar-refractivity contribution in [2.24, 2.45) is 5.92 Å². The van der Waals surface area contributed by atoms with Gasteiger partial charge in [-0.25, -0.2) is 4.79 Å². The number of carboxylic acids is 1. The van der Waals surface area contributed by atoms with E-state index < -0.39 is 5.97 Å². The number of carbonyl (C=O) groups excluding carboxylic acids is 2. The predicted octanol–water partition coefficient (Wildman–Crippen LogP) is 0.0557. The van der Waals surface area contributed by atoms with Gasteiger partial charge in [0, 0.05) is 19.6 Å². The molecule has 0 bridgehead atoms. The number of hydrogen-bond donors (Lipinski definition) is 2. The smallest absolute Gasteiger partial charge is 0.317 e. The number of likely N-dealkylation sites (tertiary alicyclic amines) is 1. The van der Waals surface area contributed by atoms with Crippen molar-refractivity contribution in [1.82, 2.24) is 10.2 Å². The Labute approximate surface area is 105 Å². The summed E-state index contributed by atoms with van der Waals surface area (Å²) in [6.45, 7) is 0.992. The highest BCUT2D eigenvalue weighted by Crippen LogP contribution is 2.17. The lowest BCUT2D eigenvalue weighted by Gasteiger charge is -2.31. The number of ether oxygens (including phenoxy) is 1. The third kappa shape index (κ3) is 4.23. The molecule has 7 nitrogen and oxygen atoms in total. The highest BCUT2D eigenvalue weighted by atomic mass is 16.5. The number of piperidine rings is 1. The van der Waals surface area contributed by atoms with Crippen LogP contribution in [-0.4, -0.2) is 54.7 Å². The van der Waals surface area contributed by atoms with E-state index in [2.05, 4.69) is 10.1 Å². The Morgan fingerprint density at radius 2 is 2.17 bits per heavy atom. The Morgan fingerprint density at radius 1 is 1.44 bits per heavy atom. The van der Waals surface area contributed by atoms with Crippen LogP contribution in [0.25, 0.3) is 0 Å². The molecule has 0 unspecified atom stereocenters. The molecule has 1 rings (SSSR count). The highest BCUT2D eigenvalue weighted by molar-refractivity contribution is 5.77. The number of carboxylic acid groups (broad SMARTS) is 1. The summed E-state index contributed by atoms with van der Waals surface area (Å²) in [6, 6.07) is -0.329. The molecule has 1 heterocycles. The molecule has 0 aromatic carbocycles. The van der Waals surface area contributed by atoms with E-state index in [1.54, 1.807) is 0 Å². The minimum absolute atomic E-state index is 0.0908. The molecule has 0 aromatic rings. The summed E-state index contributed by atoms with van der Waals surface area (Å²) in [5.74, 6) is -1.55. The van der Waals surface area contributed by atoms with Gasteiger partial charge in [-0.1, -0.05) is 0 Å². The van der Waals surface area contributed by atoms with E-state index >= 15 is 0 Å². The van der Waals surface area contributed by atoms with Gasteiger partial charge in [-0.3, -0.25) is 9.59 Å². The molecule has 102 valence electrons. The minimum atomic E-state index is -0.957. The van der Waals surface area contributed by atoms with Crippen LogP contribution in [0.2, 0.25) is 0 Å². The first-order valence-corrected chi connectivity index (χ1v) is 5.87. The van der Waals surface area contributed by atoms with Gasteiger partial charge in [-0.15, -0.1) is 0 Å². The summed E-state index contributed by atoms with van der Waals surface area (Å²) in [4.78, 5) is 34.9. The molecule has 1 atom stereocenters. The maximum absolute atomic E-state index is 11.7. The number of hydrogen-bond acceptors (Lipinski definition) is 4. The maximum atomic E-state index is 11.7. The summed E-state index contributed by atoms with van der Waals surface area (Å²) in [5, 5.41) is 11.0. The van der Waals surface area contributed by atoms with Crippen molar-refractivity contribution >= 4 is 18.0 Å². The number of urea groups is 1. The number of aliphatic carboxylic acids is 1. The van der Waals surface area contributed by atoms with Gasteiger partial charge in [0.2, 0.25) is 0 Å². The second-order valence-electron chi connectivity index (χ2n) is 4.18. The molecular formula is C11H18N2O5. The average molecular weight is 258 g/mol.